The maximum Gasteiger partial charge on any atom is 0.161 e. The molecule has 0 heterocycles. The van der Waals surface area contributed by atoms with Crippen molar-refractivity contribution in [3.05, 3.63) is 72.3 Å². The molecule has 0 N–H and O–H groups in total. The van der Waals surface area contributed by atoms with Gasteiger partial charge in [-0.15, -0.1) is 0 Å². The lowest BCUT2D eigenvalue weighted by molar-refractivity contribution is 0.355. The summed E-state index contributed by atoms with van der Waals surface area (Å²) in [7, 11) is 3.23. The highest BCUT2D eigenvalue weighted by Gasteiger charge is 2.12. The van der Waals surface area contributed by atoms with Crippen molar-refractivity contribution in [2.45, 2.75) is 26.2 Å². The predicted molar refractivity (Wildman–Crippen MR) is 105 cm³/mol. The molecule has 0 spiro atoms. The second-order valence-electron chi connectivity index (χ2n) is 6.39. The van der Waals surface area contributed by atoms with Gasteiger partial charge in [-0.05, 0) is 34.2 Å². The molecule has 0 aliphatic carbocycles. The van der Waals surface area contributed by atoms with Crippen LogP contribution in [0.5, 0.6) is 11.5 Å². The van der Waals surface area contributed by atoms with Crippen LogP contribution in [0.25, 0.3) is 12.2 Å². The smallest absolute Gasteiger partial charge is 0.161 e. The van der Waals surface area contributed by atoms with Crippen LogP contribution >= 0.6 is 0 Å². The molecular weight excluding hydrogens is 296 g/mol. The van der Waals surface area contributed by atoms with Crippen molar-refractivity contribution in [3.8, 4) is 11.5 Å². The van der Waals surface area contributed by atoms with Gasteiger partial charge in [-0.25, -0.2) is 0 Å². The maximum absolute atomic E-state index is 5.11. The van der Waals surface area contributed by atoms with Gasteiger partial charge in [0.1, 0.15) is 0 Å². The van der Waals surface area contributed by atoms with E-state index in [-0.39, 0.29) is 5.41 Å². The Morgan fingerprint density at radius 2 is 1.25 bits per heavy atom. The highest BCUT2D eigenvalue weighted by Crippen LogP contribution is 2.27. The third-order valence-electron chi connectivity index (χ3n) is 3.66. The molecule has 0 amide bonds. The Morgan fingerprint density at radius 3 is 1.67 bits per heavy atom. The molecular formula is C22H28O2. The average molecular weight is 324 g/mol. The fourth-order valence-corrected chi connectivity index (χ4v) is 2.10. The largest absolute Gasteiger partial charge is 0.493 e. The third kappa shape index (κ3) is 5.62. The molecule has 0 unspecified atom stereocenters. The van der Waals surface area contributed by atoms with Gasteiger partial charge in [0.15, 0.2) is 11.5 Å². The van der Waals surface area contributed by atoms with E-state index in [9.17, 15) is 0 Å². The van der Waals surface area contributed by atoms with E-state index in [0.29, 0.717) is 0 Å². The molecule has 0 saturated carbocycles. The van der Waals surface area contributed by atoms with Gasteiger partial charge in [0.25, 0.3) is 0 Å². The average Bonchev–Trinajstić information content (AvgIpc) is 2.60. The highest BCUT2D eigenvalue weighted by atomic mass is 16.5. The van der Waals surface area contributed by atoms with Crippen LogP contribution in [0.4, 0.5) is 0 Å². The number of ether oxygens (including phenoxy) is 2. The minimum Gasteiger partial charge on any atom is -0.493 e. The first-order chi connectivity index (χ1) is 11.3. The van der Waals surface area contributed by atoms with Gasteiger partial charge in [0.05, 0.1) is 14.2 Å². The fraction of sp³-hybridized carbons (Fsp3) is 0.273. The summed E-state index contributed by atoms with van der Waals surface area (Å²) in [5.74, 6) is 1.47. The Morgan fingerprint density at radius 1 is 0.750 bits per heavy atom. The van der Waals surface area contributed by atoms with Crippen LogP contribution in [0.3, 0.4) is 0 Å². The normalized spacial score (nSPS) is 10.2. The summed E-state index contributed by atoms with van der Waals surface area (Å²) in [4.78, 5) is 0. The Kier molecular flexibility index (Phi) is 7.31. The first-order valence-electron chi connectivity index (χ1n) is 7.93. The van der Waals surface area contributed by atoms with Gasteiger partial charge in [0.2, 0.25) is 0 Å². The second kappa shape index (κ2) is 8.97. The molecule has 24 heavy (non-hydrogen) atoms. The molecule has 0 aliphatic heterocycles. The van der Waals surface area contributed by atoms with Crippen LogP contribution in [0.2, 0.25) is 0 Å². The minimum absolute atomic E-state index is 0.250. The zero-order valence-corrected chi connectivity index (χ0v) is 15.4. The number of rotatable bonds is 4. The van der Waals surface area contributed by atoms with Crippen molar-refractivity contribution in [2.75, 3.05) is 14.2 Å². The van der Waals surface area contributed by atoms with E-state index < -0.39 is 0 Å². The third-order valence-corrected chi connectivity index (χ3v) is 3.66. The summed E-state index contributed by atoms with van der Waals surface area (Å²) in [6.07, 6.45) is 3.63. The molecule has 2 rings (SSSR count). The van der Waals surface area contributed by atoms with E-state index in [1.54, 1.807) is 20.3 Å². The molecule has 0 saturated heterocycles. The van der Waals surface area contributed by atoms with Gasteiger partial charge >= 0.3 is 0 Å². The monoisotopic (exact) mass is 324 g/mol. The Labute approximate surface area is 146 Å². The molecule has 2 aromatic carbocycles. The lowest BCUT2D eigenvalue weighted by Gasteiger charge is -2.18. The Bertz CT molecular complexity index is 661. The summed E-state index contributed by atoms with van der Waals surface area (Å²) in [6.45, 7) is 14.0. The van der Waals surface area contributed by atoms with Crippen LogP contribution in [0.15, 0.2) is 55.6 Å². The minimum atomic E-state index is 0.250. The van der Waals surface area contributed by atoms with Gasteiger partial charge in [-0.2, -0.15) is 0 Å². The molecule has 0 aliphatic rings. The van der Waals surface area contributed by atoms with Crippen LogP contribution in [0, 0.1) is 0 Å². The van der Waals surface area contributed by atoms with E-state index in [1.807, 2.05) is 24.3 Å². The van der Waals surface area contributed by atoms with Crippen molar-refractivity contribution in [1.29, 1.82) is 0 Å². The number of benzene rings is 2. The Balaban J connectivity index is 0.000000240. The first kappa shape index (κ1) is 19.6. The second-order valence-corrected chi connectivity index (χ2v) is 6.39. The van der Waals surface area contributed by atoms with E-state index >= 15 is 0 Å². The van der Waals surface area contributed by atoms with E-state index in [4.69, 9.17) is 9.47 Å². The lowest BCUT2D eigenvalue weighted by atomic mass is 9.87. The molecule has 2 nitrogen and oxygen atoms in total. The number of hydrogen-bond acceptors (Lipinski definition) is 2. The van der Waals surface area contributed by atoms with Crippen molar-refractivity contribution in [3.63, 3.8) is 0 Å². The standard InChI is InChI=1S/C12H16.C10H12O2/c1-5-10-6-8-11(9-7-10)12(2,3)4;1-4-8-5-6-9(11-2)10(7-8)12-3/h5-9H,1H2,2-4H3;4-7H,1H2,2-3H3. The van der Waals surface area contributed by atoms with Crippen molar-refractivity contribution in [1.82, 2.24) is 0 Å². The molecule has 128 valence electrons. The SMILES string of the molecule is C=Cc1ccc(C(C)(C)C)cc1.C=Cc1ccc(OC)c(OC)c1. The summed E-state index contributed by atoms with van der Waals surface area (Å²) in [6, 6.07) is 14.2. The molecule has 0 aromatic heterocycles. The molecule has 0 bridgehead atoms. The molecule has 2 aromatic rings. The van der Waals surface area contributed by atoms with E-state index in [1.165, 1.54) is 11.1 Å². The lowest BCUT2D eigenvalue weighted by Crippen LogP contribution is -2.10. The maximum atomic E-state index is 5.11. The molecule has 2 heteroatoms. The number of methoxy groups -OCH3 is 2. The van der Waals surface area contributed by atoms with Crippen LogP contribution in [-0.4, -0.2) is 14.2 Å². The van der Waals surface area contributed by atoms with Crippen LogP contribution < -0.4 is 9.47 Å². The van der Waals surface area contributed by atoms with Gasteiger partial charge in [-0.3, -0.25) is 0 Å². The van der Waals surface area contributed by atoms with E-state index in [2.05, 4.69) is 58.2 Å². The summed E-state index contributed by atoms with van der Waals surface area (Å²) in [5, 5.41) is 0. The molecule has 0 atom stereocenters. The van der Waals surface area contributed by atoms with Crippen LogP contribution in [-0.2, 0) is 5.41 Å². The summed E-state index contributed by atoms with van der Waals surface area (Å²) >= 11 is 0. The van der Waals surface area contributed by atoms with Crippen molar-refractivity contribution in [2.24, 2.45) is 0 Å². The zero-order chi connectivity index (χ0) is 18.2. The van der Waals surface area contributed by atoms with Crippen molar-refractivity contribution < 1.29 is 9.47 Å². The fourth-order valence-electron chi connectivity index (χ4n) is 2.10. The van der Waals surface area contributed by atoms with Gasteiger partial charge in [-0.1, -0.05) is 76.4 Å². The van der Waals surface area contributed by atoms with Gasteiger partial charge < -0.3 is 9.47 Å². The zero-order valence-electron chi connectivity index (χ0n) is 15.4. The quantitative estimate of drug-likeness (QED) is 0.689. The summed E-state index contributed by atoms with van der Waals surface area (Å²) in [5.41, 5.74) is 3.82. The molecule has 0 fully saturated rings. The topological polar surface area (TPSA) is 18.5 Å². The van der Waals surface area contributed by atoms with Gasteiger partial charge in [0, 0.05) is 0 Å². The molecule has 0 radical (unpaired) electrons. The summed E-state index contributed by atoms with van der Waals surface area (Å²) < 4.78 is 10.2. The van der Waals surface area contributed by atoms with Crippen molar-refractivity contribution >= 4 is 12.2 Å². The Hall–Kier alpha value is -2.48. The number of hydrogen-bond donors (Lipinski definition) is 0. The highest BCUT2D eigenvalue weighted by molar-refractivity contribution is 5.54. The predicted octanol–water partition coefficient (Wildman–Crippen LogP) is 5.97. The first-order valence-corrected chi connectivity index (χ1v) is 7.93. The van der Waals surface area contributed by atoms with Crippen LogP contribution in [0.1, 0.15) is 37.5 Å². The van der Waals surface area contributed by atoms with E-state index in [0.717, 1.165) is 17.1 Å².